The van der Waals surface area contributed by atoms with Gasteiger partial charge in [-0.25, -0.2) is 0 Å². The maximum absolute atomic E-state index is 12.5. The number of anilines is 1. The van der Waals surface area contributed by atoms with Crippen LogP contribution in [0.1, 0.15) is 5.56 Å². The predicted octanol–water partition coefficient (Wildman–Crippen LogP) is 2.68. The fourth-order valence-electron chi connectivity index (χ4n) is 3.44. The van der Waals surface area contributed by atoms with Crippen molar-refractivity contribution >= 4 is 28.3 Å². The van der Waals surface area contributed by atoms with Gasteiger partial charge in [0.25, 0.3) is 5.91 Å². The van der Waals surface area contributed by atoms with Crippen molar-refractivity contribution in [3.8, 4) is 16.3 Å². The molecule has 2 amide bonds. The van der Waals surface area contributed by atoms with Gasteiger partial charge < -0.3 is 9.64 Å². The highest BCUT2D eigenvalue weighted by molar-refractivity contribution is 7.18. The van der Waals surface area contributed by atoms with E-state index in [-0.39, 0.29) is 25.0 Å². The number of nitrogens with zero attached hydrogens (tertiary/aromatic N) is 4. The standard InChI is InChI=1S/C23H25N5O3S/c1-17-7-5-6-10-19(17)31-16-21(30)28-13-11-27(12-14-28)15-20(29)24-23-26-25-22(32-23)18-8-3-2-4-9-18/h2-10H,11-16H2,1H3,(H,24,26,29). The van der Waals surface area contributed by atoms with Crippen LogP contribution in [0.15, 0.2) is 54.6 Å². The first-order valence-corrected chi connectivity index (χ1v) is 11.3. The summed E-state index contributed by atoms with van der Waals surface area (Å²) in [6, 6.07) is 17.4. The van der Waals surface area contributed by atoms with Crippen LogP contribution in [0.2, 0.25) is 0 Å². The first-order chi connectivity index (χ1) is 15.6. The summed E-state index contributed by atoms with van der Waals surface area (Å²) in [5, 5.41) is 12.3. The van der Waals surface area contributed by atoms with Gasteiger partial charge in [0.2, 0.25) is 11.0 Å². The second kappa shape index (κ2) is 10.3. The molecule has 1 aromatic heterocycles. The van der Waals surface area contributed by atoms with Crippen LogP contribution in [0.3, 0.4) is 0 Å². The zero-order valence-electron chi connectivity index (χ0n) is 17.9. The fraction of sp³-hybridized carbons (Fsp3) is 0.304. The Morgan fingerprint density at radius 3 is 2.47 bits per heavy atom. The number of ether oxygens (including phenoxy) is 1. The highest BCUT2D eigenvalue weighted by Gasteiger charge is 2.23. The molecule has 0 bridgehead atoms. The normalized spacial score (nSPS) is 14.2. The molecule has 0 atom stereocenters. The van der Waals surface area contributed by atoms with Crippen LogP contribution in [-0.2, 0) is 9.59 Å². The molecule has 1 N–H and O–H groups in total. The van der Waals surface area contributed by atoms with Gasteiger partial charge in [0.1, 0.15) is 10.8 Å². The van der Waals surface area contributed by atoms with E-state index in [4.69, 9.17) is 4.74 Å². The van der Waals surface area contributed by atoms with E-state index in [1.807, 2.05) is 66.4 Å². The van der Waals surface area contributed by atoms with Crippen molar-refractivity contribution in [2.45, 2.75) is 6.92 Å². The van der Waals surface area contributed by atoms with Crippen LogP contribution < -0.4 is 10.1 Å². The monoisotopic (exact) mass is 451 g/mol. The number of para-hydroxylation sites is 1. The van der Waals surface area contributed by atoms with Gasteiger partial charge in [0.15, 0.2) is 6.61 Å². The van der Waals surface area contributed by atoms with Gasteiger partial charge >= 0.3 is 0 Å². The molecule has 166 valence electrons. The van der Waals surface area contributed by atoms with Gasteiger partial charge in [-0.15, -0.1) is 10.2 Å². The van der Waals surface area contributed by atoms with Gasteiger partial charge in [-0.1, -0.05) is 59.9 Å². The number of amides is 2. The lowest BCUT2D eigenvalue weighted by Gasteiger charge is -2.34. The number of hydrogen-bond acceptors (Lipinski definition) is 7. The molecular weight excluding hydrogens is 426 g/mol. The summed E-state index contributed by atoms with van der Waals surface area (Å²) in [5.74, 6) is 0.548. The summed E-state index contributed by atoms with van der Waals surface area (Å²) in [6.45, 7) is 4.63. The van der Waals surface area contributed by atoms with Crippen LogP contribution in [-0.4, -0.2) is 71.1 Å². The molecule has 1 aliphatic rings. The molecule has 1 fully saturated rings. The van der Waals surface area contributed by atoms with Crippen molar-refractivity contribution in [3.63, 3.8) is 0 Å². The maximum Gasteiger partial charge on any atom is 0.260 e. The molecule has 2 heterocycles. The topological polar surface area (TPSA) is 87.7 Å². The van der Waals surface area contributed by atoms with Crippen molar-refractivity contribution in [2.75, 3.05) is 44.6 Å². The number of nitrogens with one attached hydrogen (secondary N) is 1. The minimum absolute atomic E-state index is 0.0200. The van der Waals surface area contributed by atoms with Gasteiger partial charge in [0.05, 0.1) is 6.54 Å². The highest BCUT2D eigenvalue weighted by Crippen LogP contribution is 2.25. The second-order valence-corrected chi connectivity index (χ2v) is 8.52. The third-order valence-electron chi connectivity index (χ3n) is 5.23. The zero-order valence-corrected chi connectivity index (χ0v) is 18.7. The molecule has 0 aliphatic carbocycles. The van der Waals surface area contributed by atoms with E-state index in [0.717, 1.165) is 21.9 Å². The number of carbonyl (C=O) groups is 2. The third kappa shape index (κ3) is 5.68. The first-order valence-electron chi connectivity index (χ1n) is 10.5. The SMILES string of the molecule is Cc1ccccc1OCC(=O)N1CCN(CC(=O)Nc2nnc(-c3ccccc3)s2)CC1. The Balaban J connectivity index is 1.20. The second-order valence-electron chi connectivity index (χ2n) is 7.54. The molecule has 2 aromatic carbocycles. The number of rotatable bonds is 7. The minimum atomic E-state index is -0.136. The Morgan fingerprint density at radius 2 is 1.72 bits per heavy atom. The molecule has 4 rings (SSSR count). The lowest BCUT2D eigenvalue weighted by Crippen LogP contribution is -2.51. The van der Waals surface area contributed by atoms with Crippen LogP contribution in [0.5, 0.6) is 5.75 Å². The molecule has 1 saturated heterocycles. The summed E-state index contributed by atoms with van der Waals surface area (Å²) < 4.78 is 5.66. The minimum Gasteiger partial charge on any atom is -0.484 e. The summed E-state index contributed by atoms with van der Waals surface area (Å²) in [4.78, 5) is 28.7. The summed E-state index contributed by atoms with van der Waals surface area (Å²) in [5.41, 5.74) is 1.97. The van der Waals surface area contributed by atoms with E-state index in [1.54, 1.807) is 4.90 Å². The van der Waals surface area contributed by atoms with E-state index in [0.29, 0.717) is 31.3 Å². The van der Waals surface area contributed by atoms with Crippen LogP contribution >= 0.6 is 11.3 Å². The largest absolute Gasteiger partial charge is 0.484 e. The van der Waals surface area contributed by atoms with Gasteiger partial charge in [-0.3, -0.25) is 19.8 Å². The number of benzene rings is 2. The highest BCUT2D eigenvalue weighted by atomic mass is 32.1. The molecular formula is C23H25N5O3S. The van der Waals surface area contributed by atoms with Crippen molar-refractivity contribution in [3.05, 3.63) is 60.2 Å². The maximum atomic E-state index is 12.5. The van der Waals surface area contributed by atoms with E-state index < -0.39 is 0 Å². The van der Waals surface area contributed by atoms with E-state index in [9.17, 15) is 9.59 Å². The van der Waals surface area contributed by atoms with Crippen LogP contribution in [0.25, 0.3) is 10.6 Å². The van der Waals surface area contributed by atoms with E-state index in [1.165, 1.54) is 11.3 Å². The summed E-state index contributed by atoms with van der Waals surface area (Å²) in [7, 11) is 0. The lowest BCUT2D eigenvalue weighted by molar-refractivity contribution is -0.135. The molecule has 1 aliphatic heterocycles. The van der Waals surface area contributed by atoms with Gasteiger partial charge in [0, 0.05) is 31.7 Å². The van der Waals surface area contributed by atoms with Gasteiger partial charge in [-0.05, 0) is 18.6 Å². The molecule has 3 aromatic rings. The van der Waals surface area contributed by atoms with Crippen LogP contribution in [0, 0.1) is 6.92 Å². The molecule has 8 nitrogen and oxygen atoms in total. The van der Waals surface area contributed by atoms with Crippen molar-refractivity contribution in [1.82, 2.24) is 20.0 Å². The molecule has 9 heteroatoms. The molecule has 0 saturated carbocycles. The number of carbonyl (C=O) groups excluding carboxylic acids is 2. The predicted molar refractivity (Wildman–Crippen MR) is 124 cm³/mol. The Hall–Kier alpha value is -3.30. The Morgan fingerprint density at radius 1 is 1.00 bits per heavy atom. The Kier molecular flexibility index (Phi) is 7.08. The fourth-order valence-corrected chi connectivity index (χ4v) is 4.20. The molecule has 0 radical (unpaired) electrons. The van der Waals surface area contributed by atoms with Crippen molar-refractivity contribution < 1.29 is 14.3 Å². The smallest absolute Gasteiger partial charge is 0.260 e. The molecule has 0 spiro atoms. The first kappa shape index (κ1) is 21.9. The third-order valence-corrected chi connectivity index (χ3v) is 6.12. The van der Waals surface area contributed by atoms with E-state index >= 15 is 0 Å². The number of hydrogen-bond donors (Lipinski definition) is 1. The van der Waals surface area contributed by atoms with Crippen molar-refractivity contribution in [2.24, 2.45) is 0 Å². The van der Waals surface area contributed by atoms with Crippen molar-refractivity contribution in [1.29, 1.82) is 0 Å². The Bertz CT molecular complexity index is 1060. The lowest BCUT2D eigenvalue weighted by atomic mass is 10.2. The number of piperazine rings is 1. The number of aromatic nitrogens is 2. The zero-order chi connectivity index (χ0) is 22.3. The average Bonchev–Trinajstić information content (AvgIpc) is 3.28. The van der Waals surface area contributed by atoms with Gasteiger partial charge in [-0.2, -0.15) is 0 Å². The molecule has 0 unspecified atom stereocenters. The summed E-state index contributed by atoms with van der Waals surface area (Å²) in [6.07, 6.45) is 0. The quantitative estimate of drug-likeness (QED) is 0.594. The Labute approximate surface area is 190 Å². The summed E-state index contributed by atoms with van der Waals surface area (Å²) >= 11 is 1.35. The van der Waals surface area contributed by atoms with Crippen LogP contribution in [0.4, 0.5) is 5.13 Å². The molecule has 32 heavy (non-hydrogen) atoms. The average molecular weight is 452 g/mol. The number of aryl methyl sites for hydroxylation is 1. The van der Waals surface area contributed by atoms with E-state index in [2.05, 4.69) is 15.5 Å².